The molecule has 0 aromatic heterocycles. The van der Waals surface area contributed by atoms with Crippen LogP contribution in [0.1, 0.15) is 36.8 Å². The minimum atomic E-state index is -0.743. The monoisotopic (exact) mass is 202 g/mol. The van der Waals surface area contributed by atoms with E-state index in [1.54, 1.807) is 0 Å². The molecule has 1 aromatic carbocycles. The van der Waals surface area contributed by atoms with Crippen molar-refractivity contribution in [1.82, 2.24) is 0 Å². The Bertz CT molecular complexity index is 418. The average Bonchev–Trinajstić information content (AvgIpc) is 2.53. The van der Waals surface area contributed by atoms with Crippen LogP contribution in [0.5, 0.6) is 0 Å². The first-order valence-corrected chi connectivity index (χ1v) is 5.23. The maximum Gasteiger partial charge on any atom is 0.307 e. The molecule has 2 rings (SSSR count). The molecule has 1 N–H and O–H groups in total. The zero-order valence-corrected chi connectivity index (χ0v) is 8.73. The third-order valence-electron chi connectivity index (χ3n) is 2.92. The fourth-order valence-electron chi connectivity index (χ4n) is 2.29. The van der Waals surface area contributed by atoms with E-state index >= 15 is 0 Å². The molecule has 2 heteroatoms. The number of hydrogen-bond donors (Lipinski definition) is 1. The van der Waals surface area contributed by atoms with Gasteiger partial charge in [-0.05, 0) is 17.5 Å². The van der Waals surface area contributed by atoms with Gasteiger partial charge in [-0.3, -0.25) is 4.79 Å². The van der Waals surface area contributed by atoms with E-state index in [9.17, 15) is 4.79 Å². The molecule has 1 aromatic rings. The fourth-order valence-corrected chi connectivity index (χ4v) is 2.29. The van der Waals surface area contributed by atoms with Crippen molar-refractivity contribution in [2.24, 2.45) is 0 Å². The zero-order valence-electron chi connectivity index (χ0n) is 8.73. The molecular weight excluding hydrogens is 188 g/mol. The minimum Gasteiger partial charge on any atom is -0.481 e. The van der Waals surface area contributed by atoms with Gasteiger partial charge in [-0.1, -0.05) is 42.8 Å². The lowest BCUT2D eigenvalue weighted by atomic mass is 9.92. The summed E-state index contributed by atoms with van der Waals surface area (Å²) in [4.78, 5) is 10.7. The maximum atomic E-state index is 10.7. The van der Waals surface area contributed by atoms with Gasteiger partial charge < -0.3 is 5.11 Å². The summed E-state index contributed by atoms with van der Waals surface area (Å²) in [6.07, 6.45) is 3.15. The van der Waals surface area contributed by atoms with Crippen molar-refractivity contribution in [1.29, 1.82) is 0 Å². The molecule has 0 amide bonds. The molecule has 1 unspecified atom stereocenters. The summed E-state index contributed by atoms with van der Waals surface area (Å²) in [5.41, 5.74) is 3.49. The molecule has 0 heterocycles. The molecule has 0 saturated heterocycles. The maximum absolute atomic E-state index is 10.7. The first-order valence-electron chi connectivity index (χ1n) is 5.23. The van der Waals surface area contributed by atoms with Crippen LogP contribution in [0.4, 0.5) is 0 Å². The van der Waals surface area contributed by atoms with Gasteiger partial charge in [-0.15, -0.1) is 0 Å². The predicted octanol–water partition coefficient (Wildman–Crippen LogP) is 3.05. The van der Waals surface area contributed by atoms with Crippen LogP contribution in [0.2, 0.25) is 0 Å². The number of carboxylic acids is 1. The van der Waals surface area contributed by atoms with Crippen molar-refractivity contribution in [3.05, 3.63) is 41.0 Å². The van der Waals surface area contributed by atoms with Crippen LogP contribution in [0, 0.1) is 0 Å². The van der Waals surface area contributed by atoms with Gasteiger partial charge in [0.1, 0.15) is 0 Å². The third-order valence-corrected chi connectivity index (χ3v) is 2.92. The Hall–Kier alpha value is -1.57. The Labute approximate surface area is 89.2 Å². The number of carboxylic acid groups (broad SMARTS) is 1. The van der Waals surface area contributed by atoms with Crippen molar-refractivity contribution >= 4 is 12.0 Å². The summed E-state index contributed by atoms with van der Waals surface area (Å²) < 4.78 is 0. The highest BCUT2D eigenvalue weighted by Crippen LogP contribution is 2.39. The summed E-state index contributed by atoms with van der Waals surface area (Å²) in [5, 5.41) is 8.83. The topological polar surface area (TPSA) is 37.3 Å². The van der Waals surface area contributed by atoms with Gasteiger partial charge in [0.05, 0.1) is 6.42 Å². The Kier molecular flexibility index (Phi) is 2.58. The smallest absolute Gasteiger partial charge is 0.307 e. The SMILES string of the molecule is CCC1C(CC(=O)O)=Cc2ccccc21. The second-order valence-corrected chi connectivity index (χ2v) is 3.88. The highest BCUT2D eigenvalue weighted by atomic mass is 16.4. The van der Waals surface area contributed by atoms with Crippen LogP contribution in [0.15, 0.2) is 29.8 Å². The number of rotatable bonds is 3. The number of carbonyl (C=O) groups is 1. The fraction of sp³-hybridized carbons (Fsp3) is 0.308. The van der Waals surface area contributed by atoms with Gasteiger partial charge in [0, 0.05) is 5.92 Å². The van der Waals surface area contributed by atoms with E-state index in [4.69, 9.17) is 5.11 Å². The van der Waals surface area contributed by atoms with Gasteiger partial charge in [0.25, 0.3) is 0 Å². The summed E-state index contributed by atoms with van der Waals surface area (Å²) in [6.45, 7) is 2.10. The standard InChI is InChI=1S/C13H14O2/c1-2-11-10(8-13(14)15)7-9-5-3-4-6-12(9)11/h3-7,11H,2,8H2,1H3,(H,14,15). The quantitative estimate of drug-likeness (QED) is 0.817. The Balaban J connectivity index is 2.34. The van der Waals surface area contributed by atoms with E-state index in [-0.39, 0.29) is 6.42 Å². The first kappa shape index (κ1) is 9.97. The van der Waals surface area contributed by atoms with Gasteiger partial charge in [-0.25, -0.2) is 0 Å². The molecule has 15 heavy (non-hydrogen) atoms. The summed E-state index contributed by atoms with van der Waals surface area (Å²) in [7, 11) is 0. The summed E-state index contributed by atoms with van der Waals surface area (Å²) in [6, 6.07) is 8.15. The molecule has 1 aliphatic rings. The minimum absolute atomic E-state index is 0.160. The molecule has 0 spiro atoms. The van der Waals surface area contributed by atoms with Crippen molar-refractivity contribution < 1.29 is 9.90 Å². The van der Waals surface area contributed by atoms with Crippen LogP contribution in [-0.2, 0) is 4.79 Å². The van der Waals surface area contributed by atoms with Crippen molar-refractivity contribution in [3.63, 3.8) is 0 Å². The highest BCUT2D eigenvalue weighted by Gasteiger charge is 2.24. The Morgan fingerprint density at radius 3 is 2.80 bits per heavy atom. The van der Waals surface area contributed by atoms with Crippen LogP contribution in [0.3, 0.4) is 0 Å². The average molecular weight is 202 g/mol. The molecule has 0 aliphatic heterocycles. The number of hydrogen-bond acceptors (Lipinski definition) is 1. The molecule has 0 bridgehead atoms. The van der Waals surface area contributed by atoms with Crippen LogP contribution >= 0.6 is 0 Å². The van der Waals surface area contributed by atoms with Gasteiger partial charge in [-0.2, -0.15) is 0 Å². The van der Waals surface area contributed by atoms with E-state index in [0.717, 1.165) is 12.0 Å². The van der Waals surface area contributed by atoms with Crippen molar-refractivity contribution in [3.8, 4) is 0 Å². The molecule has 1 aliphatic carbocycles. The molecule has 78 valence electrons. The summed E-state index contributed by atoms with van der Waals surface area (Å²) >= 11 is 0. The predicted molar refractivity (Wildman–Crippen MR) is 59.7 cm³/mol. The molecule has 0 radical (unpaired) electrons. The third kappa shape index (κ3) is 1.80. The lowest BCUT2D eigenvalue weighted by molar-refractivity contribution is -0.136. The molecule has 2 nitrogen and oxygen atoms in total. The Morgan fingerprint density at radius 1 is 1.40 bits per heavy atom. The highest BCUT2D eigenvalue weighted by molar-refractivity contribution is 5.77. The largest absolute Gasteiger partial charge is 0.481 e. The van der Waals surface area contributed by atoms with Gasteiger partial charge >= 0.3 is 5.97 Å². The van der Waals surface area contributed by atoms with E-state index in [1.165, 1.54) is 11.1 Å². The molecular formula is C13H14O2. The van der Waals surface area contributed by atoms with E-state index in [1.807, 2.05) is 24.3 Å². The van der Waals surface area contributed by atoms with Crippen LogP contribution in [-0.4, -0.2) is 11.1 Å². The van der Waals surface area contributed by atoms with E-state index in [2.05, 4.69) is 13.0 Å². The second-order valence-electron chi connectivity index (χ2n) is 3.88. The van der Waals surface area contributed by atoms with Gasteiger partial charge in [0.2, 0.25) is 0 Å². The van der Waals surface area contributed by atoms with Crippen LogP contribution < -0.4 is 0 Å². The normalized spacial score (nSPS) is 18.5. The lowest BCUT2D eigenvalue weighted by Crippen LogP contribution is -2.03. The Morgan fingerprint density at radius 2 is 2.13 bits per heavy atom. The lowest BCUT2D eigenvalue weighted by Gasteiger charge is -2.12. The van der Waals surface area contributed by atoms with Gasteiger partial charge in [0.15, 0.2) is 0 Å². The second kappa shape index (κ2) is 3.89. The number of benzene rings is 1. The zero-order chi connectivity index (χ0) is 10.8. The molecule has 0 fully saturated rings. The van der Waals surface area contributed by atoms with Crippen molar-refractivity contribution in [2.75, 3.05) is 0 Å². The van der Waals surface area contributed by atoms with E-state index < -0.39 is 5.97 Å². The first-order chi connectivity index (χ1) is 7.22. The number of aliphatic carboxylic acids is 1. The summed E-state index contributed by atoms with van der Waals surface area (Å²) in [5.74, 6) is -0.440. The molecule has 1 atom stereocenters. The van der Waals surface area contributed by atoms with Crippen molar-refractivity contribution in [2.45, 2.75) is 25.7 Å². The van der Waals surface area contributed by atoms with E-state index in [0.29, 0.717) is 5.92 Å². The number of fused-ring (bicyclic) bond motifs is 1. The van der Waals surface area contributed by atoms with Crippen LogP contribution in [0.25, 0.3) is 6.08 Å². The molecule has 0 saturated carbocycles.